The van der Waals surface area contributed by atoms with Gasteiger partial charge in [-0.05, 0) is 80.0 Å². The minimum absolute atomic E-state index is 0.0672. The molecule has 0 saturated heterocycles. The maximum Gasteiger partial charge on any atom is 0.260 e. The molecule has 2 N–H and O–H groups in total. The van der Waals surface area contributed by atoms with E-state index < -0.39 is 11.7 Å². The van der Waals surface area contributed by atoms with Crippen LogP contribution in [-0.4, -0.2) is 16.0 Å². The molecule has 0 radical (unpaired) electrons. The molecule has 4 aromatic rings. The average Bonchev–Trinajstić information content (AvgIpc) is 3.14. The number of nitrogens with one attached hydrogen (secondary N) is 2. The summed E-state index contributed by atoms with van der Waals surface area (Å²) in [5.74, 6) is -0.732. The summed E-state index contributed by atoms with van der Waals surface area (Å²) >= 11 is 5.25. The Kier molecular flexibility index (Phi) is 5.52. The molecule has 7 heteroatoms. The van der Waals surface area contributed by atoms with Gasteiger partial charge in [0.2, 0.25) is 5.89 Å². The molecular formula is C24H20FN3O2S. The van der Waals surface area contributed by atoms with E-state index in [0.29, 0.717) is 11.6 Å². The van der Waals surface area contributed by atoms with Crippen molar-refractivity contribution >= 4 is 40.0 Å². The molecule has 0 aliphatic rings. The van der Waals surface area contributed by atoms with Crippen molar-refractivity contribution in [2.45, 2.75) is 20.8 Å². The lowest BCUT2D eigenvalue weighted by Crippen LogP contribution is -2.34. The zero-order chi connectivity index (χ0) is 22.1. The van der Waals surface area contributed by atoms with Crippen LogP contribution in [0.4, 0.5) is 10.1 Å². The fraction of sp³-hybridized carbons (Fsp3) is 0.125. The summed E-state index contributed by atoms with van der Waals surface area (Å²) in [4.78, 5) is 16.9. The Morgan fingerprint density at radius 1 is 1.03 bits per heavy atom. The third kappa shape index (κ3) is 4.32. The number of hydrogen-bond donors (Lipinski definition) is 2. The lowest BCUT2D eigenvalue weighted by Gasteiger charge is -2.13. The van der Waals surface area contributed by atoms with E-state index >= 15 is 0 Å². The van der Waals surface area contributed by atoms with E-state index in [1.54, 1.807) is 6.07 Å². The van der Waals surface area contributed by atoms with E-state index in [0.717, 1.165) is 33.4 Å². The van der Waals surface area contributed by atoms with Gasteiger partial charge in [-0.25, -0.2) is 9.37 Å². The van der Waals surface area contributed by atoms with Gasteiger partial charge in [-0.1, -0.05) is 24.3 Å². The second-order valence-electron chi connectivity index (χ2n) is 7.37. The number of benzene rings is 3. The number of anilines is 1. The normalized spacial score (nSPS) is 10.8. The number of aryl methyl sites for hydroxylation is 3. The second-order valence-corrected chi connectivity index (χ2v) is 7.78. The highest BCUT2D eigenvalue weighted by Gasteiger charge is 2.15. The summed E-state index contributed by atoms with van der Waals surface area (Å²) in [5, 5.41) is 5.58. The molecule has 0 saturated carbocycles. The summed E-state index contributed by atoms with van der Waals surface area (Å²) in [7, 11) is 0. The Balaban J connectivity index is 1.57. The maximum atomic E-state index is 13.8. The van der Waals surface area contributed by atoms with Crippen molar-refractivity contribution in [3.05, 3.63) is 82.7 Å². The minimum atomic E-state index is -0.616. The van der Waals surface area contributed by atoms with E-state index in [9.17, 15) is 9.18 Å². The van der Waals surface area contributed by atoms with Gasteiger partial charge in [-0.2, -0.15) is 0 Å². The van der Waals surface area contributed by atoms with Gasteiger partial charge in [0, 0.05) is 11.3 Å². The number of carbonyl (C=O) groups excluding carboxylic acids is 1. The number of rotatable bonds is 3. The number of carbonyl (C=O) groups is 1. The van der Waals surface area contributed by atoms with Crippen LogP contribution >= 0.6 is 12.2 Å². The minimum Gasteiger partial charge on any atom is -0.436 e. The third-order valence-corrected chi connectivity index (χ3v) is 5.10. The van der Waals surface area contributed by atoms with Gasteiger partial charge in [0.25, 0.3) is 5.91 Å². The highest BCUT2D eigenvalue weighted by Crippen LogP contribution is 2.30. The molecule has 31 heavy (non-hydrogen) atoms. The van der Waals surface area contributed by atoms with Crippen molar-refractivity contribution in [1.29, 1.82) is 0 Å². The van der Waals surface area contributed by atoms with Gasteiger partial charge in [0.15, 0.2) is 10.7 Å². The van der Waals surface area contributed by atoms with Crippen LogP contribution in [0.2, 0.25) is 0 Å². The first kappa shape index (κ1) is 20.7. The maximum absolute atomic E-state index is 13.8. The molecular weight excluding hydrogens is 413 g/mol. The van der Waals surface area contributed by atoms with Crippen molar-refractivity contribution in [3.63, 3.8) is 0 Å². The van der Waals surface area contributed by atoms with Gasteiger partial charge in [-0.3, -0.25) is 10.1 Å². The number of aromatic nitrogens is 1. The van der Waals surface area contributed by atoms with E-state index in [-0.39, 0.29) is 10.7 Å². The number of fused-ring (bicyclic) bond motifs is 1. The van der Waals surface area contributed by atoms with Gasteiger partial charge in [0.1, 0.15) is 11.3 Å². The number of thiocarbonyl (C=S) groups is 1. The van der Waals surface area contributed by atoms with Crippen molar-refractivity contribution in [2.75, 3.05) is 5.32 Å². The Morgan fingerprint density at radius 3 is 2.58 bits per heavy atom. The molecule has 5 nitrogen and oxygen atoms in total. The molecule has 3 aromatic carbocycles. The number of amides is 1. The van der Waals surface area contributed by atoms with Crippen LogP contribution in [-0.2, 0) is 0 Å². The Hall–Kier alpha value is -3.58. The van der Waals surface area contributed by atoms with Crippen LogP contribution in [0.5, 0.6) is 0 Å². The van der Waals surface area contributed by atoms with E-state index in [1.807, 2.05) is 45.0 Å². The third-order valence-electron chi connectivity index (χ3n) is 4.90. The smallest absolute Gasteiger partial charge is 0.260 e. The molecule has 0 unspecified atom stereocenters. The molecule has 0 atom stereocenters. The zero-order valence-corrected chi connectivity index (χ0v) is 18.1. The quantitative estimate of drug-likeness (QED) is 0.407. The van der Waals surface area contributed by atoms with Crippen LogP contribution in [0.25, 0.3) is 22.6 Å². The van der Waals surface area contributed by atoms with Crippen molar-refractivity contribution < 1.29 is 13.6 Å². The Labute approximate surface area is 184 Å². The van der Waals surface area contributed by atoms with Crippen molar-refractivity contribution in [1.82, 2.24) is 10.3 Å². The molecule has 4 rings (SSSR count). The van der Waals surface area contributed by atoms with Gasteiger partial charge >= 0.3 is 0 Å². The molecule has 1 aromatic heterocycles. The molecule has 0 spiro atoms. The number of hydrogen-bond acceptors (Lipinski definition) is 4. The zero-order valence-electron chi connectivity index (χ0n) is 17.2. The fourth-order valence-electron chi connectivity index (χ4n) is 3.36. The van der Waals surface area contributed by atoms with E-state index in [4.69, 9.17) is 16.6 Å². The van der Waals surface area contributed by atoms with Crippen molar-refractivity contribution in [3.8, 4) is 11.5 Å². The first-order valence-corrected chi connectivity index (χ1v) is 10.1. The van der Waals surface area contributed by atoms with E-state index in [1.165, 1.54) is 18.2 Å². The average molecular weight is 434 g/mol. The highest BCUT2D eigenvalue weighted by atomic mass is 32.1. The van der Waals surface area contributed by atoms with Crippen LogP contribution in [0.15, 0.2) is 59.0 Å². The van der Waals surface area contributed by atoms with Gasteiger partial charge in [0.05, 0.1) is 5.56 Å². The Bertz CT molecular complexity index is 1330. The first-order valence-electron chi connectivity index (χ1n) is 9.67. The van der Waals surface area contributed by atoms with Crippen molar-refractivity contribution in [2.24, 2.45) is 0 Å². The Morgan fingerprint density at radius 2 is 1.81 bits per heavy atom. The summed E-state index contributed by atoms with van der Waals surface area (Å²) < 4.78 is 19.8. The first-order chi connectivity index (χ1) is 14.8. The number of oxazole rings is 1. The molecule has 0 aliphatic heterocycles. The lowest BCUT2D eigenvalue weighted by molar-refractivity contribution is 0.0974. The second kappa shape index (κ2) is 8.28. The molecule has 1 heterocycles. The SMILES string of the molecule is Cc1cc(C)c2oc(-c3ccc(C)c(NC(=S)NC(=O)c4ccccc4F)c3)nc2c1. The standard InChI is InChI=1S/C24H20FN3O2S/c1-13-10-15(3)21-20(11-13)26-23(30-21)16-9-8-14(2)19(12-16)27-24(31)28-22(29)17-6-4-5-7-18(17)25/h4-12H,1-3H3,(H2,27,28,29,31). The molecule has 1 amide bonds. The van der Waals surface area contributed by atoms with Crippen LogP contribution in [0, 0.1) is 26.6 Å². The predicted octanol–water partition coefficient (Wildman–Crippen LogP) is 5.69. The molecule has 0 fully saturated rings. The largest absolute Gasteiger partial charge is 0.436 e. The highest BCUT2D eigenvalue weighted by molar-refractivity contribution is 7.80. The molecule has 0 bridgehead atoms. The topological polar surface area (TPSA) is 67.2 Å². The summed E-state index contributed by atoms with van der Waals surface area (Å²) in [6.07, 6.45) is 0. The van der Waals surface area contributed by atoms with E-state index in [2.05, 4.69) is 21.7 Å². The summed E-state index contributed by atoms with van der Waals surface area (Å²) in [6, 6.07) is 15.4. The lowest BCUT2D eigenvalue weighted by atomic mass is 10.1. The number of halogens is 1. The monoisotopic (exact) mass is 433 g/mol. The van der Waals surface area contributed by atoms with Crippen LogP contribution in [0.3, 0.4) is 0 Å². The van der Waals surface area contributed by atoms with Crippen LogP contribution in [0.1, 0.15) is 27.0 Å². The predicted molar refractivity (Wildman–Crippen MR) is 124 cm³/mol. The van der Waals surface area contributed by atoms with Crippen LogP contribution < -0.4 is 10.6 Å². The fourth-order valence-corrected chi connectivity index (χ4v) is 3.56. The number of nitrogens with zero attached hydrogens (tertiary/aromatic N) is 1. The summed E-state index contributed by atoms with van der Waals surface area (Å²) in [6.45, 7) is 5.92. The summed E-state index contributed by atoms with van der Waals surface area (Å²) in [5.41, 5.74) is 5.99. The molecule has 156 valence electrons. The van der Waals surface area contributed by atoms with Gasteiger partial charge < -0.3 is 9.73 Å². The van der Waals surface area contributed by atoms with Gasteiger partial charge in [-0.15, -0.1) is 0 Å². The molecule has 0 aliphatic carbocycles.